The first kappa shape index (κ1) is 19.2. The minimum Gasteiger partial charge on any atom is -0.480 e. The molecule has 132 valence electrons. The van der Waals surface area contributed by atoms with E-state index in [1.54, 1.807) is 42.5 Å². The van der Waals surface area contributed by atoms with Crippen molar-refractivity contribution in [2.45, 2.75) is 19.4 Å². The van der Waals surface area contributed by atoms with Crippen LogP contribution in [-0.2, 0) is 11.2 Å². The van der Waals surface area contributed by atoms with Crippen LogP contribution in [0.2, 0.25) is 10.0 Å². The first-order valence-corrected chi connectivity index (χ1v) is 8.48. The first-order valence-electron chi connectivity index (χ1n) is 7.73. The molecule has 2 aromatic carbocycles. The van der Waals surface area contributed by atoms with Crippen LogP contribution >= 0.6 is 23.2 Å². The molecule has 0 aliphatic rings. The van der Waals surface area contributed by atoms with Gasteiger partial charge < -0.3 is 15.7 Å². The van der Waals surface area contributed by atoms with Gasteiger partial charge in [0, 0.05) is 5.69 Å². The Morgan fingerprint density at radius 3 is 2.20 bits per heavy atom. The van der Waals surface area contributed by atoms with Crippen molar-refractivity contribution in [1.29, 1.82) is 0 Å². The molecular weight excluding hydrogens is 363 g/mol. The fourth-order valence-corrected chi connectivity index (χ4v) is 2.93. The van der Waals surface area contributed by atoms with Gasteiger partial charge in [0.1, 0.15) is 6.04 Å². The fourth-order valence-electron chi connectivity index (χ4n) is 2.36. The van der Waals surface area contributed by atoms with Crippen LogP contribution in [0.3, 0.4) is 0 Å². The van der Waals surface area contributed by atoms with Crippen molar-refractivity contribution in [3.63, 3.8) is 0 Å². The zero-order valence-electron chi connectivity index (χ0n) is 13.6. The van der Waals surface area contributed by atoms with Crippen molar-refractivity contribution in [1.82, 2.24) is 5.32 Å². The second-order valence-corrected chi connectivity index (χ2v) is 6.21. The van der Waals surface area contributed by atoms with Crippen LogP contribution in [0, 0.1) is 0 Å². The standard InChI is InChI=1S/C18H18Cl2N2O3/c1-2-21-15(18(24)25)10-11-6-8-12(9-7-11)22-17(23)16-13(19)4-3-5-14(16)20/h3-9,15,21H,2,10H2,1H3,(H,22,23)(H,24,25). The molecule has 0 aliphatic carbocycles. The third-order valence-corrected chi connectivity index (χ3v) is 4.22. The highest BCUT2D eigenvalue weighted by molar-refractivity contribution is 6.40. The van der Waals surface area contributed by atoms with E-state index >= 15 is 0 Å². The smallest absolute Gasteiger partial charge is 0.321 e. The van der Waals surface area contributed by atoms with Crippen LogP contribution in [0.25, 0.3) is 0 Å². The van der Waals surface area contributed by atoms with Crippen molar-refractivity contribution in [2.75, 3.05) is 11.9 Å². The zero-order chi connectivity index (χ0) is 18.4. The van der Waals surface area contributed by atoms with Gasteiger partial charge in [0.05, 0.1) is 15.6 Å². The number of carbonyl (C=O) groups is 2. The zero-order valence-corrected chi connectivity index (χ0v) is 15.1. The summed E-state index contributed by atoms with van der Waals surface area (Å²) in [6.45, 7) is 2.43. The van der Waals surface area contributed by atoms with Crippen LogP contribution < -0.4 is 10.6 Å². The lowest BCUT2D eigenvalue weighted by molar-refractivity contribution is -0.139. The molecule has 3 N–H and O–H groups in total. The van der Waals surface area contributed by atoms with Crippen molar-refractivity contribution >= 4 is 40.8 Å². The summed E-state index contributed by atoms with van der Waals surface area (Å²) in [4.78, 5) is 23.5. The van der Waals surface area contributed by atoms with Gasteiger partial charge in [-0.15, -0.1) is 0 Å². The van der Waals surface area contributed by atoms with Crippen molar-refractivity contribution < 1.29 is 14.7 Å². The molecular formula is C18H18Cl2N2O3. The minimum absolute atomic E-state index is 0.216. The quantitative estimate of drug-likeness (QED) is 0.681. The maximum Gasteiger partial charge on any atom is 0.321 e. The number of benzene rings is 2. The second kappa shape index (κ2) is 8.85. The molecule has 0 saturated carbocycles. The Morgan fingerprint density at radius 1 is 1.08 bits per heavy atom. The average molecular weight is 381 g/mol. The Hall–Kier alpha value is -2.08. The molecule has 0 radical (unpaired) electrons. The predicted molar refractivity (Wildman–Crippen MR) is 99.7 cm³/mol. The van der Waals surface area contributed by atoms with Crippen LogP contribution in [0.15, 0.2) is 42.5 Å². The topological polar surface area (TPSA) is 78.4 Å². The van der Waals surface area contributed by atoms with Gasteiger partial charge in [0.15, 0.2) is 0 Å². The summed E-state index contributed by atoms with van der Waals surface area (Å²) < 4.78 is 0. The third kappa shape index (κ3) is 5.19. The molecule has 25 heavy (non-hydrogen) atoms. The van der Waals surface area contributed by atoms with E-state index in [0.29, 0.717) is 18.7 Å². The molecule has 0 heterocycles. The van der Waals surface area contributed by atoms with Crippen molar-refractivity contribution in [3.05, 3.63) is 63.6 Å². The van der Waals surface area contributed by atoms with E-state index in [1.165, 1.54) is 0 Å². The molecule has 0 aliphatic heterocycles. The number of rotatable bonds is 7. The number of carboxylic acids is 1. The highest BCUT2D eigenvalue weighted by Crippen LogP contribution is 2.25. The molecule has 2 aromatic rings. The van der Waals surface area contributed by atoms with E-state index in [9.17, 15) is 14.7 Å². The summed E-state index contributed by atoms with van der Waals surface area (Å²) in [5, 5.41) is 15.4. The number of likely N-dealkylation sites (N-methyl/N-ethyl adjacent to an activating group) is 1. The summed E-state index contributed by atoms with van der Waals surface area (Å²) in [5.74, 6) is -1.30. The highest BCUT2D eigenvalue weighted by Gasteiger charge is 2.17. The summed E-state index contributed by atoms with van der Waals surface area (Å²) in [5.41, 5.74) is 1.63. The lowest BCUT2D eigenvalue weighted by atomic mass is 10.1. The average Bonchev–Trinajstić information content (AvgIpc) is 2.56. The van der Waals surface area contributed by atoms with E-state index in [0.717, 1.165) is 5.56 Å². The Balaban J connectivity index is 2.07. The SMILES string of the molecule is CCNC(Cc1ccc(NC(=O)c2c(Cl)cccc2Cl)cc1)C(=O)O. The number of hydrogen-bond donors (Lipinski definition) is 3. The number of carboxylic acid groups (broad SMARTS) is 1. The molecule has 0 fully saturated rings. The molecule has 0 bridgehead atoms. The number of nitrogens with one attached hydrogen (secondary N) is 2. The molecule has 1 amide bonds. The molecule has 1 unspecified atom stereocenters. The molecule has 2 rings (SSSR count). The van der Waals surface area contributed by atoms with Gasteiger partial charge in [-0.25, -0.2) is 0 Å². The van der Waals surface area contributed by atoms with Gasteiger partial charge in [-0.2, -0.15) is 0 Å². The van der Waals surface area contributed by atoms with Crippen molar-refractivity contribution in [3.8, 4) is 0 Å². The monoisotopic (exact) mass is 380 g/mol. The van der Waals surface area contributed by atoms with Crippen molar-refractivity contribution in [2.24, 2.45) is 0 Å². The van der Waals surface area contributed by atoms with E-state index in [1.807, 2.05) is 6.92 Å². The second-order valence-electron chi connectivity index (χ2n) is 5.40. The lowest BCUT2D eigenvalue weighted by Crippen LogP contribution is -2.38. The number of anilines is 1. The number of halogens is 2. The minimum atomic E-state index is -0.896. The summed E-state index contributed by atoms with van der Waals surface area (Å²) in [7, 11) is 0. The predicted octanol–water partition coefficient (Wildman–Crippen LogP) is 3.85. The lowest BCUT2D eigenvalue weighted by Gasteiger charge is -2.13. The molecule has 7 heteroatoms. The van der Waals surface area contributed by atoms with Crippen LogP contribution in [0.5, 0.6) is 0 Å². The Kier molecular flexibility index (Phi) is 6.82. The molecule has 0 spiro atoms. The van der Waals surface area contributed by atoms with E-state index < -0.39 is 17.9 Å². The Labute approximate surface area is 156 Å². The van der Waals surface area contributed by atoms with Gasteiger partial charge in [0.25, 0.3) is 5.91 Å². The normalized spacial score (nSPS) is 11.8. The maximum atomic E-state index is 12.3. The number of amides is 1. The summed E-state index contributed by atoms with van der Waals surface area (Å²) in [6, 6.07) is 11.2. The molecule has 0 aromatic heterocycles. The summed E-state index contributed by atoms with van der Waals surface area (Å²) >= 11 is 12.0. The van der Waals surface area contributed by atoms with Gasteiger partial charge >= 0.3 is 5.97 Å². The third-order valence-electron chi connectivity index (χ3n) is 3.59. The van der Waals surface area contributed by atoms with E-state index in [2.05, 4.69) is 10.6 Å². The number of aliphatic carboxylic acids is 1. The van der Waals surface area contributed by atoms with Crippen LogP contribution in [0.4, 0.5) is 5.69 Å². The highest BCUT2D eigenvalue weighted by atomic mass is 35.5. The number of hydrogen-bond acceptors (Lipinski definition) is 3. The summed E-state index contributed by atoms with van der Waals surface area (Å²) in [6.07, 6.45) is 0.355. The van der Waals surface area contributed by atoms with Gasteiger partial charge in [-0.1, -0.05) is 48.3 Å². The molecule has 1 atom stereocenters. The maximum absolute atomic E-state index is 12.3. The van der Waals surface area contributed by atoms with Crippen LogP contribution in [0.1, 0.15) is 22.8 Å². The van der Waals surface area contributed by atoms with Gasteiger partial charge in [0.2, 0.25) is 0 Å². The van der Waals surface area contributed by atoms with E-state index in [-0.39, 0.29) is 15.6 Å². The fraction of sp³-hybridized carbons (Fsp3) is 0.222. The largest absolute Gasteiger partial charge is 0.480 e. The molecule has 0 saturated heterocycles. The Morgan fingerprint density at radius 2 is 1.68 bits per heavy atom. The van der Waals surface area contributed by atoms with Gasteiger partial charge in [-0.3, -0.25) is 9.59 Å². The Bertz CT molecular complexity index is 743. The van der Waals surface area contributed by atoms with E-state index in [4.69, 9.17) is 23.2 Å². The van der Waals surface area contributed by atoms with Gasteiger partial charge in [-0.05, 0) is 42.8 Å². The number of carbonyl (C=O) groups excluding carboxylic acids is 1. The molecule has 5 nitrogen and oxygen atoms in total. The van der Waals surface area contributed by atoms with Crippen LogP contribution in [-0.4, -0.2) is 29.6 Å². The first-order chi connectivity index (χ1) is 11.9.